The average Bonchev–Trinajstić information content (AvgIpc) is 3.24. The fraction of sp³-hybridized carbons (Fsp3) is 0.0769. The van der Waals surface area contributed by atoms with E-state index in [2.05, 4.69) is 217 Å². The summed E-state index contributed by atoms with van der Waals surface area (Å²) < 4.78 is 0. The molecule has 7 aromatic rings. The lowest BCUT2D eigenvalue weighted by Crippen LogP contribution is -2.15. The van der Waals surface area contributed by atoms with Crippen molar-refractivity contribution in [3.63, 3.8) is 0 Å². The maximum absolute atomic E-state index is 2.45. The summed E-state index contributed by atoms with van der Waals surface area (Å²) in [6.45, 7) is 0. The van der Waals surface area contributed by atoms with Crippen LogP contribution in [0.3, 0.4) is 0 Å². The molecule has 256 valence electrons. The van der Waals surface area contributed by atoms with Gasteiger partial charge in [-0.3, -0.25) is 0 Å². The third kappa shape index (κ3) is 7.91. The zero-order valence-electron chi connectivity index (χ0n) is 30.0. The summed E-state index contributed by atoms with van der Waals surface area (Å²) in [6, 6.07) is 67.5. The van der Waals surface area contributed by atoms with Crippen molar-refractivity contribution in [2.75, 3.05) is 4.90 Å². The molecule has 1 aliphatic carbocycles. The first-order valence-corrected chi connectivity index (χ1v) is 18.7. The zero-order valence-corrected chi connectivity index (χ0v) is 30.0. The van der Waals surface area contributed by atoms with Crippen LogP contribution in [0.25, 0.3) is 23.3 Å². The largest absolute Gasteiger partial charge is 0.310 e. The van der Waals surface area contributed by atoms with Crippen LogP contribution < -0.4 is 4.90 Å². The first-order chi connectivity index (χ1) is 26.3. The summed E-state index contributed by atoms with van der Waals surface area (Å²) in [4.78, 5) is 2.45. The molecule has 53 heavy (non-hydrogen) atoms. The van der Waals surface area contributed by atoms with Crippen LogP contribution in [0.4, 0.5) is 17.1 Å². The summed E-state index contributed by atoms with van der Waals surface area (Å²) in [5.41, 5.74) is 16.1. The second-order valence-corrected chi connectivity index (χ2v) is 13.6. The van der Waals surface area contributed by atoms with Crippen LogP contribution in [0.5, 0.6) is 0 Å². The number of allylic oxidation sites excluding steroid dienone is 2. The van der Waals surface area contributed by atoms with Crippen LogP contribution in [-0.2, 0) is 12.8 Å². The molecule has 0 spiro atoms. The Morgan fingerprint density at radius 1 is 0.415 bits per heavy atom. The van der Waals surface area contributed by atoms with E-state index in [-0.39, 0.29) is 0 Å². The Morgan fingerprint density at radius 3 is 1.42 bits per heavy atom. The van der Waals surface area contributed by atoms with Gasteiger partial charge in [-0.1, -0.05) is 176 Å². The van der Waals surface area contributed by atoms with Gasteiger partial charge >= 0.3 is 0 Å². The SMILES string of the molecule is C(/C=C/c1ccc(N(c2ccc(C=C(c3ccccc3)c3ccccc3)cc2)c2cccc3c2CCCC3)cc1)=C(c1ccccc1)c1ccccc1. The predicted molar refractivity (Wildman–Crippen MR) is 227 cm³/mol. The summed E-state index contributed by atoms with van der Waals surface area (Å²) >= 11 is 0. The number of fused-ring (bicyclic) bond motifs is 1. The molecule has 0 fully saturated rings. The molecule has 0 aliphatic heterocycles. The quantitative estimate of drug-likeness (QED) is 0.103. The van der Waals surface area contributed by atoms with Crippen molar-refractivity contribution in [2.45, 2.75) is 25.7 Å². The lowest BCUT2D eigenvalue weighted by Gasteiger charge is -2.30. The molecular weight excluding hydrogens is 639 g/mol. The minimum atomic E-state index is 1.11. The second-order valence-electron chi connectivity index (χ2n) is 13.6. The van der Waals surface area contributed by atoms with Crippen LogP contribution in [0.1, 0.15) is 57.3 Å². The van der Waals surface area contributed by atoms with Gasteiger partial charge in [0.05, 0.1) is 0 Å². The Labute approximate surface area is 314 Å². The van der Waals surface area contributed by atoms with Gasteiger partial charge in [-0.2, -0.15) is 0 Å². The van der Waals surface area contributed by atoms with Gasteiger partial charge in [-0.25, -0.2) is 0 Å². The summed E-state index contributed by atoms with van der Waals surface area (Å²) in [5.74, 6) is 0. The molecule has 0 atom stereocenters. The van der Waals surface area contributed by atoms with Crippen molar-refractivity contribution in [1.29, 1.82) is 0 Å². The topological polar surface area (TPSA) is 3.24 Å². The molecule has 8 rings (SSSR count). The first-order valence-electron chi connectivity index (χ1n) is 18.7. The van der Waals surface area contributed by atoms with E-state index in [0.717, 1.165) is 29.8 Å². The third-order valence-electron chi connectivity index (χ3n) is 10.1. The van der Waals surface area contributed by atoms with Crippen LogP contribution in [0, 0.1) is 0 Å². The molecule has 1 heteroatoms. The molecule has 0 radical (unpaired) electrons. The number of aryl methyl sites for hydroxylation is 1. The average molecular weight is 682 g/mol. The molecule has 0 aromatic heterocycles. The van der Waals surface area contributed by atoms with Crippen molar-refractivity contribution < 1.29 is 0 Å². The van der Waals surface area contributed by atoms with Crippen molar-refractivity contribution in [3.05, 3.63) is 245 Å². The van der Waals surface area contributed by atoms with Crippen LogP contribution in [-0.4, -0.2) is 0 Å². The normalized spacial score (nSPS) is 12.2. The zero-order chi connectivity index (χ0) is 35.7. The summed E-state index contributed by atoms with van der Waals surface area (Å²) in [7, 11) is 0. The van der Waals surface area contributed by atoms with Crippen LogP contribution in [0.2, 0.25) is 0 Å². The van der Waals surface area contributed by atoms with E-state index in [1.807, 2.05) is 0 Å². The highest BCUT2D eigenvalue weighted by Crippen LogP contribution is 2.40. The molecule has 1 aliphatic rings. The van der Waals surface area contributed by atoms with Gasteiger partial charge in [-0.05, 0) is 118 Å². The highest BCUT2D eigenvalue weighted by molar-refractivity contribution is 5.92. The van der Waals surface area contributed by atoms with Gasteiger partial charge in [0.25, 0.3) is 0 Å². The van der Waals surface area contributed by atoms with Gasteiger partial charge in [0.15, 0.2) is 0 Å². The molecule has 0 N–H and O–H groups in total. The van der Waals surface area contributed by atoms with Gasteiger partial charge in [0, 0.05) is 17.1 Å². The van der Waals surface area contributed by atoms with Gasteiger partial charge in [0.1, 0.15) is 0 Å². The van der Waals surface area contributed by atoms with Crippen molar-refractivity contribution in [2.24, 2.45) is 0 Å². The minimum absolute atomic E-state index is 1.11. The standard InChI is InChI=1S/C52H43N/c1-5-18-42(19-6-1)49(43-20-7-2-8-21-43)29-15-17-40-31-35-47(36-32-40)53(52-30-16-27-44-26-13-14-28-50(44)52)48-37-33-41(34-38-48)39-51(45-22-9-3-10-23-45)46-24-11-4-12-25-46/h1-12,15-25,27,29-39H,13-14,26,28H2/b17-15+. The number of anilines is 3. The van der Waals surface area contributed by atoms with Crippen molar-refractivity contribution in [3.8, 4) is 0 Å². The Bertz CT molecular complexity index is 2250. The minimum Gasteiger partial charge on any atom is -0.310 e. The molecule has 0 bridgehead atoms. The fourth-order valence-electron chi connectivity index (χ4n) is 7.44. The second kappa shape index (κ2) is 16.3. The lowest BCUT2D eigenvalue weighted by atomic mass is 9.89. The number of nitrogens with zero attached hydrogens (tertiary/aromatic N) is 1. The van der Waals surface area contributed by atoms with Crippen molar-refractivity contribution in [1.82, 2.24) is 0 Å². The van der Waals surface area contributed by atoms with E-state index in [1.165, 1.54) is 68.6 Å². The molecular formula is C52H43N. The monoisotopic (exact) mass is 681 g/mol. The number of hydrogen-bond acceptors (Lipinski definition) is 1. The molecule has 1 nitrogen and oxygen atoms in total. The van der Waals surface area contributed by atoms with E-state index in [1.54, 1.807) is 0 Å². The lowest BCUT2D eigenvalue weighted by molar-refractivity contribution is 0.686. The van der Waals surface area contributed by atoms with Crippen molar-refractivity contribution >= 4 is 40.4 Å². The van der Waals surface area contributed by atoms with E-state index >= 15 is 0 Å². The molecule has 0 heterocycles. The number of rotatable bonds is 10. The van der Waals surface area contributed by atoms with E-state index < -0.39 is 0 Å². The summed E-state index contributed by atoms with van der Waals surface area (Å²) in [6.07, 6.45) is 13.6. The maximum atomic E-state index is 2.45. The fourth-order valence-corrected chi connectivity index (χ4v) is 7.44. The Balaban J connectivity index is 1.13. The third-order valence-corrected chi connectivity index (χ3v) is 10.1. The van der Waals surface area contributed by atoms with Gasteiger partial charge in [0.2, 0.25) is 0 Å². The van der Waals surface area contributed by atoms with Gasteiger partial charge < -0.3 is 4.90 Å². The highest BCUT2D eigenvalue weighted by Gasteiger charge is 2.20. The summed E-state index contributed by atoms with van der Waals surface area (Å²) in [5, 5.41) is 0. The molecule has 7 aromatic carbocycles. The number of benzene rings is 7. The van der Waals surface area contributed by atoms with Crippen LogP contribution >= 0.6 is 0 Å². The Kier molecular flexibility index (Phi) is 10.3. The Morgan fingerprint density at radius 2 is 0.887 bits per heavy atom. The molecule has 0 saturated heterocycles. The predicted octanol–water partition coefficient (Wildman–Crippen LogP) is 13.8. The molecule has 0 unspecified atom stereocenters. The van der Waals surface area contributed by atoms with E-state index in [0.29, 0.717) is 0 Å². The highest BCUT2D eigenvalue weighted by atomic mass is 15.1. The van der Waals surface area contributed by atoms with E-state index in [9.17, 15) is 0 Å². The molecule has 0 amide bonds. The maximum Gasteiger partial charge on any atom is 0.0496 e. The molecule has 0 saturated carbocycles. The van der Waals surface area contributed by atoms with Gasteiger partial charge in [-0.15, -0.1) is 0 Å². The first kappa shape index (κ1) is 33.7. The van der Waals surface area contributed by atoms with Crippen LogP contribution in [0.15, 0.2) is 200 Å². The smallest absolute Gasteiger partial charge is 0.0496 e. The van der Waals surface area contributed by atoms with E-state index in [4.69, 9.17) is 0 Å². The number of hydrogen-bond donors (Lipinski definition) is 0. The Hall–Kier alpha value is -6.44.